The number of nitrogens with zero attached hydrogens (tertiary/aromatic N) is 3. The molecule has 174 valence electrons. The zero-order valence-corrected chi connectivity index (χ0v) is 19.9. The summed E-state index contributed by atoms with van der Waals surface area (Å²) in [6.07, 6.45) is 5.46. The van der Waals surface area contributed by atoms with Gasteiger partial charge in [-0.3, -0.25) is 4.90 Å². The molecule has 0 aliphatic carbocycles. The molecule has 32 heavy (non-hydrogen) atoms. The summed E-state index contributed by atoms with van der Waals surface area (Å²) in [6.45, 7) is 11.9. The number of pyridine rings is 1. The van der Waals surface area contributed by atoms with Gasteiger partial charge in [0.1, 0.15) is 5.82 Å². The highest BCUT2D eigenvalue weighted by Crippen LogP contribution is 2.36. The van der Waals surface area contributed by atoms with Gasteiger partial charge in [-0.25, -0.2) is 4.98 Å². The second-order valence-corrected chi connectivity index (χ2v) is 9.91. The van der Waals surface area contributed by atoms with Gasteiger partial charge in [0.15, 0.2) is 0 Å². The molecule has 2 aliphatic heterocycles. The molecular weight excluding hydrogens is 398 g/mol. The van der Waals surface area contributed by atoms with E-state index >= 15 is 0 Å². The summed E-state index contributed by atoms with van der Waals surface area (Å²) in [5, 5.41) is 8.94. The first-order valence-electron chi connectivity index (χ1n) is 12.3. The average molecular weight is 438 g/mol. The van der Waals surface area contributed by atoms with E-state index in [4.69, 9.17) is 14.8 Å². The minimum atomic E-state index is 0.153. The van der Waals surface area contributed by atoms with Gasteiger partial charge in [0.2, 0.25) is 0 Å². The summed E-state index contributed by atoms with van der Waals surface area (Å²) < 4.78 is 5.85. The zero-order chi connectivity index (χ0) is 22.4. The first-order chi connectivity index (χ1) is 15.6. The van der Waals surface area contributed by atoms with Crippen LogP contribution in [0.15, 0.2) is 36.4 Å². The van der Waals surface area contributed by atoms with Crippen molar-refractivity contribution in [2.45, 2.75) is 58.0 Å². The summed E-state index contributed by atoms with van der Waals surface area (Å²) in [7, 11) is 0. The maximum absolute atomic E-state index is 8.94. The maximum atomic E-state index is 8.94. The number of piperazine rings is 1. The van der Waals surface area contributed by atoms with Crippen molar-refractivity contribution in [2.75, 3.05) is 50.8 Å². The lowest BCUT2D eigenvalue weighted by molar-refractivity contribution is 0.105. The van der Waals surface area contributed by atoms with Crippen molar-refractivity contribution in [3.63, 3.8) is 0 Å². The van der Waals surface area contributed by atoms with Crippen molar-refractivity contribution in [1.29, 1.82) is 0 Å². The van der Waals surface area contributed by atoms with Gasteiger partial charge in [-0.15, -0.1) is 0 Å². The summed E-state index contributed by atoms with van der Waals surface area (Å²) >= 11 is 0. The summed E-state index contributed by atoms with van der Waals surface area (Å²) in [5.41, 5.74) is 5.11. The number of benzene rings is 1. The Morgan fingerprint density at radius 2 is 1.88 bits per heavy atom. The molecule has 0 saturated carbocycles. The lowest BCUT2D eigenvalue weighted by Gasteiger charge is -2.35. The minimum Gasteiger partial charge on any atom is -0.396 e. The Labute approximate surface area is 193 Å². The van der Waals surface area contributed by atoms with E-state index < -0.39 is 0 Å². The normalized spacial score (nSPS) is 19.3. The molecular formula is C27H39N3O2. The molecule has 5 heteroatoms. The van der Waals surface area contributed by atoms with E-state index in [1.807, 2.05) is 0 Å². The molecule has 0 atom stereocenters. The van der Waals surface area contributed by atoms with Crippen LogP contribution in [0.25, 0.3) is 11.3 Å². The predicted molar refractivity (Wildman–Crippen MR) is 131 cm³/mol. The number of aliphatic hydroxyl groups is 1. The molecule has 5 nitrogen and oxygen atoms in total. The van der Waals surface area contributed by atoms with Crippen LogP contribution in [0.5, 0.6) is 0 Å². The van der Waals surface area contributed by atoms with Crippen LogP contribution < -0.4 is 4.90 Å². The molecule has 1 aromatic carbocycles. The number of rotatable bonds is 7. The number of aromatic nitrogens is 1. The molecule has 2 aliphatic rings. The van der Waals surface area contributed by atoms with E-state index in [0.717, 1.165) is 76.5 Å². The molecule has 1 aromatic heterocycles. The molecule has 1 N–H and O–H groups in total. The van der Waals surface area contributed by atoms with Crippen LogP contribution in [-0.2, 0) is 16.8 Å². The van der Waals surface area contributed by atoms with Crippen LogP contribution in [0.4, 0.5) is 5.82 Å². The number of aliphatic hydroxyl groups excluding tert-OH is 1. The van der Waals surface area contributed by atoms with Crippen LogP contribution in [0.3, 0.4) is 0 Å². The molecule has 1 fully saturated rings. The Morgan fingerprint density at radius 3 is 2.69 bits per heavy atom. The second-order valence-electron chi connectivity index (χ2n) is 9.91. The summed E-state index contributed by atoms with van der Waals surface area (Å²) in [6, 6.07) is 13.2. The Hall–Kier alpha value is -1.95. The van der Waals surface area contributed by atoms with Gasteiger partial charge in [-0.1, -0.05) is 32.0 Å². The molecule has 2 aromatic rings. The van der Waals surface area contributed by atoms with Gasteiger partial charge in [0.25, 0.3) is 0 Å². The number of hydrogen-bond donors (Lipinski definition) is 1. The van der Waals surface area contributed by atoms with Gasteiger partial charge in [-0.05, 0) is 73.4 Å². The van der Waals surface area contributed by atoms with Crippen LogP contribution in [0.1, 0.15) is 57.1 Å². The Kier molecular flexibility index (Phi) is 7.82. The number of hydrogen-bond acceptors (Lipinski definition) is 5. The fraction of sp³-hybridized carbons (Fsp3) is 0.593. The Bertz CT molecular complexity index is 875. The number of anilines is 1. The summed E-state index contributed by atoms with van der Waals surface area (Å²) in [4.78, 5) is 10.0. The van der Waals surface area contributed by atoms with E-state index in [1.54, 1.807) is 0 Å². The molecule has 4 rings (SSSR count). The predicted octanol–water partition coefficient (Wildman–Crippen LogP) is 4.62. The molecule has 0 spiro atoms. The lowest BCUT2D eigenvalue weighted by Crippen LogP contribution is -2.46. The van der Waals surface area contributed by atoms with Gasteiger partial charge in [-0.2, -0.15) is 0 Å². The van der Waals surface area contributed by atoms with Crippen molar-refractivity contribution in [1.82, 2.24) is 9.88 Å². The maximum Gasteiger partial charge on any atom is 0.129 e. The number of unbranched alkanes of at least 4 members (excludes halogenated alkanes) is 2. The van der Waals surface area contributed by atoms with Gasteiger partial charge < -0.3 is 14.7 Å². The highest BCUT2D eigenvalue weighted by atomic mass is 16.5. The minimum absolute atomic E-state index is 0.153. The van der Waals surface area contributed by atoms with Gasteiger partial charge in [0, 0.05) is 45.0 Å². The Morgan fingerprint density at radius 1 is 1.03 bits per heavy atom. The van der Waals surface area contributed by atoms with E-state index in [9.17, 15) is 0 Å². The first kappa shape index (κ1) is 23.2. The third-order valence-electron chi connectivity index (χ3n) is 7.05. The zero-order valence-electron chi connectivity index (χ0n) is 19.9. The monoisotopic (exact) mass is 437 g/mol. The fourth-order valence-corrected chi connectivity index (χ4v) is 5.01. The van der Waals surface area contributed by atoms with E-state index in [2.05, 4.69) is 60.0 Å². The lowest BCUT2D eigenvalue weighted by atomic mass is 9.77. The Balaban J connectivity index is 1.45. The molecule has 1 saturated heterocycles. The first-order valence-corrected chi connectivity index (χ1v) is 12.3. The second kappa shape index (κ2) is 10.8. The van der Waals surface area contributed by atoms with E-state index in [1.165, 1.54) is 23.1 Å². The van der Waals surface area contributed by atoms with Crippen LogP contribution in [0.2, 0.25) is 0 Å². The SMILES string of the molecule is CC1(C)CCCOCc2ccc(-c3cccc(N4CCN(CCCCCO)CC4)n3)cc21. The molecule has 0 radical (unpaired) electrons. The van der Waals surface area contributed by atoms with Gasteiger partial charge in [0.05, 0.1) is 12.3 Å². The highest BCUT2D eigenvalue weighted by Gasteiger charge is 2.26. The van der Waals surface area contributed by atoms with Crippen LogP contribution in [0, 0.1) is 0 Å². The fourth-order valence-electron chi connectivity index (χ4n) is 5.01. The van der Waals surface area contributed by atoms with Crippen molar-refractivity contribution < 1.29 is 9.84 Å². The third-order valence-corrected chi connectivity index (χ3v) is 7.05. The van der Waals surface area contributed by atoms with E-state index in [-0.39, 0.29) is 5.41 Å². The van der Waals surface area contributed by atoms with Gasteiger partial charge >= 0.3 is 0 Å². The van der Waals surface area contributed by atoms with Crippen molar-refractivity contribution in [3.8, 4) is 11.3 Å². The topological polar surface area (TPSA) is 48.8 Å². The van der Waals surface area contributed by atoms with Crippen molar-refractivity contribution in [2.24, 2.45) is 0 Å². The average Bonchev–Trinajstić information content (AvgIpc) is 2.81. The largest absolute Gasteiger partial charge is 0.396 e. The molecule has 0 amide bonds. The van der Waals surface area contributed by atoms with Crippen molar-refractivity contribution in [3.05, 3.63) is 47.5 Å². The molecule has 0 bridgehead atoms. The standard InChI is InChI=1S/C27H39N3O2/c1-27(2)12-7-19-32-21-23-11-10-22(20-24(23)27)25-8-6-9-26(28-25)30-16-14-29(15-17-30)13-4-3-5-18-31/h6,8-11,20,31H,3-5,7,12-19,21H2,1-2H3. The number of fused-ring (bicyclic) bond motifs is 1. The van der Waals surface area contributed by atoms with Crippen LogP contribution >= 0.6 is 0 Å². The quantitative estimate of drug-likeness (QED) is 0.641. The van der Waals surface area contributed by atoms with E-state index in [0.29, 0.717) is 13.2 Å². The smallest absolute Gasteiger partial charge is 0.129 e. The molecule has 3 heterocycles. The molecule has 0 unspecified atom stereocenters. The third kappa shape index (κ3) is 5.69. The number of ether oxygens (including phenoxy) is 1. The van der Waals surface area contributed by atoms with Crippen molar-refractivity contribution >= 4 is 5.82 Å². The van der Waals surface area contributed by atoms with Crippen LogP contribution in [-0.4, -0.2) is 60.9 Å². The summed E-state index contributed by atoms with van der Waals surface area (Å²) in [5.74, 6) is 1.08. The highest BCUT2D eigenvalue weighted by molar-refractivity contribution is 5.64.